The molecule has 1 amide bonds. The highest BCUT2D eigenvalue weighted by Gasteiger charge is 1.99. The number of hydrogen-bond donors (Lipinski definition) is 2. The zero-order valence-corrected chi connectivity index (χ0v) is 7.19. The van der Waals surface area contributed by atoms with E-state index in [1.54, 1.807) is 6.07 Å². The highest BCUT2D eigenvalue weighted by Crippen LogP contribution is 2.12. The zero-order valence-electron chi connectivity index (χ0n) is 7.19. The SMILES string of the molecule is Cc1ccccc1NC(=O)/C=N\O. The first-order valence-corrected chi connectivity index (χ1v) is 3.78. The largest absolute Gasteiger partial charge is 0.411 e. The number of nitrogens with one attached hydrogen (secondary N) is 1. The van der Waals surface area contributed by atoms with Crippen molar-refractivity contribution in [1.29, 1.82) is 0 Å². The fourth-order valence-corrected chi connectivity index (χ4v) is 0.931. The first-order chi connectivity index (χ1) is 6.24. The predicted octanol–water partition coefficient (Wildman–Crippen LogP) is 1.39. The molecule has 4 nitrogen and oxygen atoms in total. The molecule has 1 aromatic carbocycles. The first-order valence-electron chi connectivity index (χ1n) is 3.78. The molecule has 0 aliphatic heterocycles. The van der Waals surface area contributed by atoms with Gasteiger partial charge in [0.2, 0.25) is 0 Å². The van der Waals surface area contributed by atoms with E-state index in [1.807, 2.05) is 25.1 Å². The van der Waals surface area contributed by atoms with Crippen LogP contribution in [0.2, 0.25) is 0 Å². The van der Waals surface area contributed by atoms with Gasteiger partial charge in [0, 0.05) is 5.69 Å². The van der Waals surface area contributed by atoms with Crippen molar-refractivity contribution < 1.29 is 10.0 Å². The molecular formula is C9H10N2O2. The van der Waals surface area contributed by atoms with Gasteiger partial charge in [-0.25, -0.2) is 0 Å². The second-order valence-corrected chi connectivity index (χ2v) is 2.55. The third-order valence-corrected chi connectivity index (χ3v) is 1.58. The van der Waals surface area contributed by atoms with Crippen LogP contribution >= 0.6 is 0 Å². The molecule has 1 rings (SSSR count). The highest BCUT2D eigenvalue weighted by molar-refractivity contribution is 6.31. The second-order valence-electron chi connectivity index (χ2n) is 2.55. The molecule has 1 aromatic rings. The van der Waals surface area contributed by atoms with Crippen molar-refractivity contribution in [1.82, 2.24) is 0 Å². The Morgan fingerprint density at radius 1 is 1.54 bits per heavy atom. The fourth-order valence-electron chi connectivity index (χ4n) is 0.931. The van der Waals surface area contributed by atoms with Gasteiger partial charge in [0.25, 0.3) is 5.91 Å². The van der Waals surface area contributed by atoms with Crippen LogP contribution in [0.1, 0.15) is 5.56 Å². The maximum Gasteiger partial charge on any atom is 0.270 e. The number of carbonyl (C=O) groups excluding carboxylic acids is 1. The fraction of sp³-hybridized carbons (Fsp3) is 0.111. The van der Waals surface area contributed by atoms with E-state index in [2.05, 4.69) is 10.5 Å². The summed E-state index contributed by atoms with van der Waals surface area (Å²) in [6, 6.07) is 7.36. The summed E-state index contributed by atoms with van der Waals surface area (Å²) in [5, 5.41) is 13.3. The smallest absolute Gasteiger partial charge is 0.270 e. The molecule has 0 saturated carbocycles. The Bertz CT molecular complexity index is 334. The maximum absolute atomic E-state index is 10.9. The van der Waals surface area contributed by atoms with Gasteiger partial charge in [-0.05, 0) is 18.6 Å². The number of benzene rings is 1. The van der Waals surface area contributed by atoms with Crippen molar-refractivity contribution in [2.24, 2.45) is 5.16 Å². The summed E-state index contributed by atoms with van der Waals surface area (Å²) in [6.07, 6.45) is 0.812. The number of nitrogens with zero attached hydrogens (tertiary/aromatic N) is 1. The molecule has 0 bridgehead atoms. The van der Waals surface area contributed by atoms with Crippen LogP contribution in [0.4, 0.5) is 5.69 Å². The summed E-state index contributed by atoms with van der Waals surface area (Å²) in [5.41, 5.74) is 1.68. The molecule has 2 N–H and O–H groups in total. The number of rotatable bonds is 2. The maximum atomic E-state index is 10.9. The summed E-state index contributed by atoms with van der Waals surface area (Å²) < 4.78 is 0. The number of aryl methyl sites for hydroxylation is 1. The van der Waals surface area contributed by atoms with E-state index in [0.29, 0.717) is 5.69 Å². The molecule has 0 aliphatic rings. The van der Waals surface area contributed by atoms with Crippen LogP contribution < -0.4 is 5.32 Å². The summed E-state index contributed by atoms with van der Waals surface area (Å²) in [4.78, 5) is 10.9. The number of para-hydroxylation sites is 1. The number of oxime groups is 1. The van der Waals surface area contributed by atoms with Crippen molar-refractivity contribution >= 4 is 17.8 Å². The van der Waals surface area contributed by atoms with Crippen molar-refractivity contribution in [3.05, 3.63) is 29.8 Å². The molecule has 4 heteroatoms. The predicted molar refractivity (Wildman–Crippen MR) is 50.1 cm³/mol. The lowest BCUT2D eigenvalue weighted by Gasteiger charge is -2.04. The lowest BCUT2D eigenvalue weighted by Crippen LogP contribution is -2.13. The molecule has 0 atom stereocenters. The van der Waals surface area contributed by atoms with E-state index in [4.69, 9.17) is 5.21 Å². The van der Waals surface area contributed by atoms with Gasteiger partial charge >= 0.3 is 0 Å². The van der Waals surface area contributed by atoms with Gasteiger partial charge in [-0.15, -0.1) is 0 Å². The van der Waals surface area contributed by atoms with Crippen molar-refractivity contribution in [2.75, 3.05) is 5.32 Å². The molecular weight excluding hydrogens is 168 g/mol. The topological polar surface area (TPSA) is 61.7 Å². The molecule has 0 spiro atoms. The normalized spacial score (nSPS) is 10.2. The molecule has 0 fully saturated rings. The molecule has 0 heterocycles. The van der Waals surface area contributed by atoms with Crippen molar-refractivity contribution in [2.45, 2.75) is 6.92 Å². The summed E-state index contributed by atoms with van der Waals surface area (Å²) in [5.74, 6) is -0.447. The Morgan fingerprint density at radius 3 is 2.85 bits per heavy atom. The molecule has 0 unspecified atom stereocenters. The van der Waals surface area contributed by atoms with Gasteiger partial charge in [-0.1, -0.05) is 23.4 Å². The van der Waals surface area contributed by atoms with Crippen LogP contribution in [0.3, 0.4) is 0 Å². The minimum absolute atomic E-state index is 0.447. The van der Waals surface area contributed by atoms with E-state index < -0.39 is 5.91 Å². The van der Waals surface area contributed by atoms with Crippen LogP contribution in [-0.2, 0) is 4.79 Å². The lowest BCUT2D eigenvalue weighted by molar-refractivity contribution is -0.110. The number of hydrogen-bond acceptors (Lipinski definition) is 3. The van der Waals surface area contributed by atoms with Gasteiger partial charge in [-0.2, -0.15) is 0 Å². The molecule has 0 radical (unpaired) electrons. The van der Waals surface area contributed by atoms with E-state index in [1.165, 1.54) is 0 Å². The second kappa shape index (κ2) is 4.25. The Hall–Kier alpha value is -1.84. The van der Waals surface area contributed by atoms with Gasteiger partial charge in [-0.3, -0.25) is 4.79 Å². The summed E-state index contributed by atoms with van der Waals surface area (Å²) in [7, 11) is 0. The quantitative estimate of drug-likeness (QED) is 0.408. The number of amides is 1. The third-order valence-electron chi connectivity index (χ3n) is 1.58. The van der Waals surface area contributed by atoms with Crippen LogP contribution in [0.15, 0.2) is 29.4 Å². The average molecular weight is 178 g/mol. The lowest BCUT2D eigenvalue weighted by atomic mass is 10.2. The van der Waals surface area contributed by atoms with Crippen molar-refractivity contribution in [3.63, 3.8) is 0 Å². The van der Waals surface area contributed by atoms with Crippen LogP contribution in [-0.4, -0.2) is 17.3 Å². The molecule has 0 aromatic heterocycles. The summed E-state index contributed by atoms with van der Waals surface area (Å²) >= 11 is 0. The number of carbonyl (C=O) groups is 1. The minimum atomic E-state index is -0.447. The Labute approximate surface area is 75.9 Å². The van der Waals surface area contributed by atoms with Gasteiger partial charge < -0.3 is 10.5 Å². The summed E-state index contributed by atoms with van der Waals surface area (Å²) in [6.45, 7) is 1.88. The van der Waals surface area contributed by atoms with E-state index >= 15 is 0 Å². The van der Waals surface area contributed by atoms with Crippen molar-refractivity contribution in [3.8, 4) is 0 Å². The van der Waals surface area contributed by atoms with E-state index in [9.17, 15) is 4.79 Å². The highest BCUT2D eigenvalue weighted by atomic mass is 16.4. The van der Waals surface area contributed by atoms with E-state index in [0.717, 1.165) is 11.8 Å². The minimum Gasteiger partial charge on any atom is -0.411 e. The van der Waals surface area contributed by atoms with Gasteiger partial charge in [0.05, 0.1) is 0 Å². The zero-order chi connectivity index (χ0) is 9.68. The monoisotopic (exact) mass is 178 g/mol. The third kappa shape index (κ3) is 2.59. The van der Waals surface area contributed by atoms with E-state index in [-0.39, 0.29) is 0 Å². The Morgan fingerprint density at radius 2 is 2.23 bits per heavy atom. The van der Waals surface area contributed by atoms with Gasteiger partial charge in [0.15, 0.2) is 0 Å². The van der Waals surface area contributed by atoms with Crippen LogP contribution in [0, 0.1) is 6.92 Å². The molecule has 13 heavy (non-hydrogen) atoms. The molecule has 68 valence electrons. The Kier molecular flexibility index (Phi) is 3.03. The van der Waals surface area contributed by atoms with Crippen LogP contribution in [0.25, 0.3) is 0 Å². The van der Waals surface area contributed by atoms with Crippen LogP contribution in [0.5, 0.6) is 0 Å². The first kappa shape index (κ1) is 9.25. The Balaban J connectivity index is 2.74. The standard InChI is InChI=1S/C9H10N2O2/c1-7-4-2-3-5-8(7)11-9(12)6-10-13/h2-6,13H,1H3,(H,11,12)/b10-6-. The molecule has 0 aliphatic carbocycles. The molecule has 0 saturated heterocycles. The number of anilines is 1. The average Bonchev–Trinajstić information content (AvgIpc) is 2.09. The van der Waals surface area contributed by atoms with Gasteiger partial charge in [0.1, 0.15) is 6.21 Å².